The maximum absolute atomic E-state index is 9.39. The molecule has 0 aromatic carbocycles. The van der Waals surface area contributed by atoms with Crippen molar-refractivity contribution in [1.82, 2.24) is 9.80 Å². The monoisotopic (exact) mass is 639 g/mol. The lowest BCUT2D eigenvalue weighted by Crippen LogP contribution is -2.35. The summed E-state index contributed by atoms with van der Waals surface area (Å²) in [5, 5.41) is 18.8. The van der Waals surface area contributed by atoms with Crippen LogP contribution in [0, 0.1) is 11.8 Å². The number of nitrogens with zero attached hydrogens (tertiary/aromatic N) is 2. The van der Waals surface area contributed by atoms with E-state index in [0.717, 1.165) is 18.4 Å². The number of hydrogen-bond acceptors (Lipinski definition) is 4. The first-order valence-corrected chi connectivity index (χ1v) is 20.8. The van der Waals surface area contributed by atoms with Crippen molar-refractivity contribution in [2.45, 2.75) is 201 Å². The van der Waals surface area contributed by atoms with E-state index in [1.54, 1.807) is 0 Å². The molecule has 0 bridgehead atoms. The van der Waals surface area contributed by atoms with Crippen LogP contribution in [0.1, 0.15) is 201 Å². The number of hydrogen-bond donors (Lipinski definition) is 2. The molecule has 0 aromatic heterocycles. The van der Waals surface area contributed by atoms with Crippen molar-refractivity contribution < 1.29 is 10.2 Å². The van der Waals surface area contributed by atoms with Crippen molar-refractivity contribution >= 4 is 0 Å². The van der Waals surface area contributed by atoms with Gasteiger partial charge in [0.05, 0.1) is 13.2 Å². The van der Waals surface area contributed by atoms with Crippen LogP contribution in [-0.4, -0.2) is 72.5 Å². The molecule has 0 aromatic rings. The predicted molar refractivity (Wildman–Crippen MR) is 201 cm³/mol. The van der Waals surface area contributed by atoms with Crippen LogP contribution < -0.4 is 0 Å². The summed E-state index contributed by atoms with van der Waals surface area (Å²) < 4.78 is 0. The van der Waals surface area contributed by atoms with Crippen LogP contribution in [0.3, 0.4) is 0 Å². The SMILES string of the molecule is CCCCCCCCC(CCCCCC)CN(CCCCCN(CCO)CCO)CC(CCCCCC)CCCCCCCC. The molecule has 4 heteroatoms. The molecule has 2 unspecified atom stereocenters. The highest BCUT2D eigenvalue weighted by molar-refractivity contribution is 4.73. The molecule has 0 heterocycles. The van der Waals surface area contributed by atoms with E-state index in [0.29, 0.717) is 13.1 Å². The zero-order valence-corrected chi connectivity index (χ0v) is 31.7. The molecule has 0 rings (SSSR count). The van der Waals surface area contributed by atoms with Gasteiger partial charge in [-0.15, -0.1) is 0 Å². The molecule has 2 atom stereocenters. The first-order chi connectivity index (χ1) is 22.1. The third-order valence-corrected chi connectivity index (χ3v) is 10.2. The molecule has 4 nitrogen and oxygen atoms in total. The summed E-state index contributed by atoms with van der Waals surface area (Å²) in [4.78, 5) is 5.17. The van der Waals surface area contributed by atoms with Crippen LogP contribution in [-0.2, 0) is 0 Å². The van der Waals surface area contributed by atoms with Crippen LogP contribution >= 0.6 is 0 Å². The van der Waals surface area contributed by atoms with Crippen LogP contribution in [0.15, 0.2) is 0 Å². The third kappa shape index (κ3) is 30.9. The van der Waals surface area contributed by atoms with Gasteiger partial charge < -0.3 is 15.1 Å². The Hall–Kier alpha value is -0.160. The zero-order valence-electron chi connectivity index (χ0n) is 31.7. The Kier molecular flexibility index (Phi) is 36.5. The van der Waals surface area contributed by atoms with E-state index in [1.165, 1.54) is 193 Å². The van der Waals surface area contributed by atoms with Crippen LogP contribution in [0.4, 0.5) is 0 Å². The molecule has 0 aliphatic rings. The smallest absolute Gasteiger partial charge is 0.0558 e. The topological polar surface area (TPSA) is 46.9 Å². The molecule has 0 fully saturated rings. The van der Waals surface area contributed by atoms with Crippen molar-refractivity contribution in [2.75, 3.05) is 52.5 Å². The lowest BCUT2D eigenvalue weighted by molar-refractivity contribution is 0.155. The third-order valence-electron chi connectivity index (χ3n) is 10.2. The lowest BCUT2D eigenvalue weighted by atomic mass is 9.91. The van der Waals surface area contributed by atoms with Gasteiger partial charge in [-0.05, 0) is 63.5 Å². The van der Waals surface area contributed by atoms with E-state index in [9.17, 15) is 10.2 Å². The Morgan fingerprint density at radius 1 is 0.333 bits per heavy atom. The van der Waals surface area contributed by atoms with Crippen LogP contribution in [0.2, 0.25) is 0 Å². The Morgan fingerprint density at radius 2 is 0.622 bits per heavy atom. The summed E-state index contributed by atoms with van der Waals surface area (Å²) in [5.41, 5.74) is 0. The van der Waals surface area contributed by atoms with Gasteiger partial charge in [-0.25, -0.2) is 0 Å². The fraction of sp³-hybridized carbons (Fsp3) is 1.00. The van der Waals surface area contributed by atoms with E-state index >= 15 is 0 Å². The maximum atomic E-state index is 9.39. The second-order valence-corrected chi connectivity index (χ2v) is 14.7. The summed E-state index contributed by atoms with van der Waals surface area (Å²) in [5.74, 6) is 1.74. The Bertz CT molecular complexity index is 506. The molecule has 0 aliphatic heterocycles. The Morgan fingerprint density at radius 3 is 0.978 bits per heavy atom. The van der Waals surface area contributed by atoms with Crippen molar-refractivity contribution in [3.8, 4) is 0 Å². The molecule has 0 spiro atoms. The molecule has 0 saturated carbocycles. The van der Waals surface area contributed by atoms with Crippen molar-refractivity contribution in [3.05, 3.63) is 0 Å². The zero-order chi connectivity index (χ0) is 33.1. The van der Waals surface area contributed by atoms with Gasteiger partial charge in [0.15, 0.2) is 0 Å². The normalized spacial score (nSPS) is 13.3. The first kappa shape index (κ1) is 44.8. The molecular formula is C41H86N2O2. The largest absolute Gasteiger partial charge is 0.395 e. The van der Waals surface area contributed by atoms with E-state index in [1.807, 2.05) is 0 Å². The number of rotatable bonds is 38. The minimum atomic E-state index is 0.185. The minimum Gasteiger partial charge on any atom is -0.395 e. The minimum absolute atomic E-state index is 0.185. The molecule has 272 valence electrons. The van der Waals surface area contributed by atoms with Gasteiger partial charge in [0, 0.05) is 26.2 Å². The molecular weight excluding hydrogens is 552 g/mol. The summed E-state index contributed by atoms with van der Waals surface area (Å²) in [6.07, 6.45) is 37.5. The summed E-state index contributed by atoms with van der Waals surface area (Å²) in [6, 6.07) is 0. The van der Waals surface area contributed by atoms with Gasteiger partial charge in [0.1, 0.15) is 0 Å². The highest BCUT2D eigenvalue weighted by atomic mass is 16.3. The van der Waals surface area contributed by atoms with Gasteiger partial charge in [-0.2, -0.15) is 0 Å². The lowest BCUT2D eigenvalue weighted by Gasteiger charge is -2.32. The van der Waals surface area contributed by atoms with Crippen molar-refractivity contribution in [1.29, 1.82) is 0 Å². The van der Waals surface area contributed by atoms with Gasteiger partial charge >= 0.3 is 0 Å². The Balaban J connectivity index is 5.34. The van der Waals surface area contributed by atoms with E-state index < -0.39 is 0 Å². The first-order valence-electron chi connectivity index (χ1n) is 20.8. The van der Waals surface area contributed by atoms with Gasteiger partial charge in [0.25, 0.3) is 0 Å². The second-order valence-electron chi connectivity index (χ2n) is 14.7. The van der Waals surface area contributed by atoms with Gasteiger partial charge in [-0.1, -0.05) is 163 Å². The highest BCUT2D eigenvalue weighted by Crippen LogP contribution is 2.24. The average Bonchev–Trinajstić information content (AvgIpc) is 3.04. The van der Waals surface area contributed by atoms with Crippen LogP contribution in [0.25, 0.3) is 0 Å². The van der Waals surface area contributed by atoms with Gasteiger partial charge in [0.2, 0.25) is 0 Å². The summed E-state index contributed by atoms with van der Waals surface area (Å²) in [6.45, 7) is 16.0. The van der Waals surface area contributed by atoms with Crippen molar-refractivity contribution in [2.24, 2.45) is 11.8 Å². The molecule has 0 radical (unpaired) electrons. The molecule has 0 amide bonds. The summed E-state index contributed by atoms with van der Waals surface area (Å²) in [7, 11) is 0. The van der Waals surface area contributed by atoms with Crippen LogP contribution in [0.5, 0.6) is 0 Å². The fourth-order valence-electron chi connectivity index (χ4n) is 7.25. The van der Waals surface area contributed by atoms with Crippen molar-refractivity contribution in [3.63, 3.8) is 0 Å². The quantitative estimate of drug-likeness (QED) is 0.0661. The second kappa shape index (κ2) is 36.7. The summed E-state index contributed by atoms with van der Waals surface area (Å²) >= 11 is 0. The molecule has 0 aliphatic carbocycles. The van der Waals surface area contributed by atoms with E-state index in [-0.39, 0.29) is 13.2 Å². The predicted octanol–water partition coefficient (Wildman–Crippen LogP) is 11.4. The average molecular weight is 639 g/mol. The van der Waals surface area contributed by atoms with E-state index in [4.69, 9.17) is 0 Å². The molecule has 2 N–H and O–H groups in total. The standard InChI is InChI=1S/C41H86N2O2/c1-5-9-13-17-19-24-30-40(28-22-15-11-7-3)38-43(33-27-21-26-32-42(34-36-44)35-37-45)39-41(29-23-16-12-8-4)31-25-20-18-14-10-6-2/h40-41,44-45H,5-39H2,1-4H3. The maximum Gasteiger partial charge on any atom is 0.0558 e. The number of aliphatic hydroxyl groups is 2. The van der Waals surface area contributed by atoms with Gasteiger partial charge in [-0.3, -0.25) is 4.90 Å². The highest BCUT2D eigenvalue weighted by Gasteiger charge is 2.19. The Labute approximate surface area is 284 Å². The molecule has 45 heavy (non-hydrogen) atoms. The number of aliphatic hydroxyl groups excluding tert-OH is 2. The fourth-order valence-corrected chi connectivity index (χ4v) is 7.25. The van der Waals surface area contributed by atoms with E-state index in [2.05, 4.69) is 37.5 Å². The molecule has 0 saturated heterocycles. The number of unbranched alkanes of at least 4 members (excludes halogenated alkanes) is 18.